The molecule has 5 nitrogen and oxygen atoms in total. The van der Waals surface area contributed by atoms with Crippen molar-refractivity contribution in [3.63, 3.8) is 0 Å². The van der Waals surface area contributed by atoms with Crippen molar-refractivity contribution in [2.75, 3.05) is 13.2 Å². The maximum absolute atomic E-state index is 10.8. The maximum Gasteiger partial charge on any atom is 0.303 e. The van der Waals surface area contributed by atoms with E-state index in [2.05, 4.69) is 0 Å². The molecule has 74 valence electrons. The Morgan fingerprint density at radius 2 is 2.38 bits per heavy atom. The molecule has 0 aromatic rings. The molecule has 0 aromatic heterocycles. The van der Waals surface area contributed by atoms with Gasteiger partial charge in [-0.1, -0.05) is 0 Å². The van der Waals surface area contributed by atoms with Crippen molar-refractivity contribution in [3.05, 3.63) is 0 Å². The lowest BCUT2D eigenvalue weighted by molar-refractivity contribution is -0.187. The number of aliphatic hydroxyl groups excluding tert-OH is 1. The summed E-state index contributed by atoms with van der Waals surface area (Å²) >= 11 is 0. The summed E-state index contributed by atoms with van der Waals surface area (Å²) in [6.07, 6.45) is -0.867. The highest BCUT2D eigenvalue weighted by Crippen LogP contribution is 2.39. The predicted octanol–water partition coefficient (Wildman–Crippen LogP) is -0.574. The second-order valence-corrected chi connectivity index (χ2v) is 3.35. The number of carbonyl (C=O) groups excluding carboxylic acids is 1. The summed E-state index contributed by atoms with van der Waals surface area (Å²) in [6.45, 7) is 1.93. The minimum atomic E-state index is -0.953. The number of hydrogen-bond donors (Lipinski definition) is 1. The molecule has 0 aromatic carbocycles. The lowest BCUT2D eigenvalue weighted by Crippen LogP contribution is -2.47. The molecule has 0 radical (unpaired) electrons. The molecule has 3 atom stereocenters. The summed E-state index contributed by atoms with van der Waals surface area (Å²) in [6, 6.07) is 0. The number of fused-ring (bicyclic) bond motifs is 1. The van der Waals surface area contributed by atoms with Gasteiger partial charge in [-0.05, 0) is 0 Å². The molecule has 0 aliphatic carbocycles. The van der Waals surface area contributed by atoms with Crippen LogP contribution in [0.25, 0.3) is 0 Å². The summed E-state index contributed by atoms with van der Waals surface area (Å²) < 4.78 is 15.4. The Balaban J connectivity index is 2.19. The highest BCUT2D eigenvalue weighted by Gasteiger charge is 2.58. The van der Waals surface area contributed by atoms with Gasteiger partial charge in [-0.2, -0.15) is 0 Å². The molecular formula is C8H12O5. The van der Waals surface area contributed by atoms with Crippen molar-refractivity contribution in [3.8, 4) is 0 Å². The smallest absolute Gasteiger partial charge is 0.303 e. The topological polar surface area (TPSA) is 65.0 Å². The predicted molar refractivity (Wildman–Crippen MR) is 40.8 cm³/mol. The van der Waals surface area contributed by atoms with Crippen LogP contribution in [0.1, 0.15) is 13.3 Å². The van der Waals surface area contributed by atoms with Gasteiger partial charge in [-0.3, -0.25) is 4.79 Å². The monoisotopic (exact) mass is 188 g/mol. The standard InChI is InChI=1S/C8H12O5/c1-5(9)13-8-2-3-11-7(8)12-4-6(8)10/h6-7,10H,2-4H2,1H3/t6-,7-,8-/m1/s1. The van der Waals surface area contributed by atoms with Gasteiger partial charge in [0.25, 0.3) is 0 Å². The molecule has 0 saturated carbocycles. The van der Waals surface area contributed by atoms with E-state index in [0.717, 1.165) is 0 Å². The fraction of sp³-hybridized carbons (Fsp3) is 0.875. The zero-order chi connectivity index (χ0) is 9.47. The Kier molecular flexibility index (Phi) is 2.02. The molecule has 2 saturated heterocycles. The van der Waals surface area contributed by atoms with Gasteiger partial charge in [0.05, 0.1) is 13.2 Å². The van der Waals surface area contributed by atoms with Crippen molar-refractivity contribution in [1.29, 1.82) is 0 Å². The van der Waals surface area contributed by atoms with Gasteiger partial charge in [0, 0.05) is 13.3 Å². The van der Waals surface area contributed by atoms with Crippen LogP contribution < -0.4 is 0 Å². The summed E-state index contributed by atoms with van der Waals surface area (Å²) in [7, 11) is 0. The van der Waals surface area contributed by atoms with Crippen molar-refractivity contribution >= 4 is 5.97 Å². The largest absolute Gasteiger partial charge is 0.451 e. The van der Waals surface area contributed by atoms with Crippen molar-refractivity contribution in [1.82, 2.24) is 0 Å². The summed E-state index contributed by atoms with van der Waals surface area (Å²) in [5.41, 5.74) is -0.953. The van der Waals surface area contributed by atoms with E-state index in [-0.39, 0.29) is 6.61 Å². The van der Waals surface area contributed by atoms with Crippen molar-refractivity contribution in [2.45, 2.75) is 31.3 Å². The molecule has 0 bridgehead atoms. The molecule has 2 heterocycles. The van der Waals surface area contributed by atoms with Crippen LogP contribution in [-0.4, -0.2) is 42.3 Å². The molecule has 2 fully saturated rings. The number of carbonyl (C=O) groups is 1. The number of esters is 1. The number of hydrogen-bond acceptors (Lipinski definition) is 5. The Bertz CT molecular complexity index is 229. The third-order valence-electron chi connectivity index (χ3n) is 2.46. The van der Waals surface area contributed by atoms with E-state index >= 15 is 0 Å². The van der Waals surface area contributed by atoms with E-state index in [0.29, 0.717) is 13.0 Å². The third-order valence-corrected chi connectivity index (χ3v) is 2.46. The normalized spacial score (nSPS) is 43.2. The third kappa shape index (κ3) is 1.23. The number of rotatable bonds is 1. The van der Waals surface area contributed by atoms with Crippen LogP contribution in [0.2, 0.25) is 0 Å². The molecule has 2 rings (SSSR count). The lowest BCUT2D eigenvalue weighted by atomic mass is 9.97. The minimum Gasteiger partial charge on any atom is -0.451 e. The second kappa shape index (κ2) is 2.94. The van der Waals surface area contributed by atoms with E-state index in [1.54, 1.807) is 0 Å². The van der Waals surface area contributed by atoms with Crippen molar-refractivity contribution < 1.29 is 24.1 Å². The van der Waals surface area contributed by atoms with E-state index < -0.39 is 24.0 Å². The molecule has 0 amide bonds. The van der Waals surface area contributed by atoms with Crippen LogP contribution in [-0.2, 0) is 19.0 Å². The minimum absolute atomic E-state index is 0.165. The van der Waals surface area contributed by atoms with E-state index in [1.165, 1.54) is 6.92 Å². The quantitative estimate of drug-likeness (QED) is 0.558. The van der Waals surface area contributed by atoms with Crippen LogP contribution >= 0.6 is 0 Å². The maximum atomic E-state index is 10.8. The van der Waals surface area contributed by atoms with Gasteiger partial charge >= 0.3 is 5.97 Å². The Hall–Kier alpha value is -0.650. The van der Waals surface area contributed by atoms with Crippen molar-refractivity contribution in [2.24, 2.45) is 0 Å². The molecule has 0 spiro atoms. The highest BCUT2D eigenvalue weighted by atomic mass is 16.7. The zero-order valence-corrected chi connectivity index (χ0v) is 7.36. The molecule has 5 heteroatoms. The van der Waals surface area contributed by atoms with Gasteiger partial charge in [0.2, 0.25) is 6.29 Å². The van der Waals surface area contributed by atoms with Crippen LogP contribution in [0.5, 0.6) is 0 Å². The van der Waals surface area contributed by atoms with E-state index in [9.17, 15) is 9.90 Å². The van der Waals surface area contributed by atoms with E-state index in [1.807, 2.05) is 0 Å². The zero-order valence-electron chi connectivity index (χ0n) is 7.36. The van der Waals surface area contributed by atoms with Crippen LogP contribution in [0.3, 0.4) is 0 Å². The number of ether oxygens (including phenoxy) is 3. The van der Waals surface area contributed by atoms with Gasteiger partial charge < -0.3 is 19.3 Å². The Morgan fingerprint density at radius 3 is 3.08 bits per heavy atom. The van der Waals surface area contributed by atoms with Gasteiger partial charge in [-0.25, -0.2) is 0 Å². The molecule has 2 aliphatic rings. The summed E-state index contributed by atoms with van der Waals surface area (Å²) in [5, 5.41) is 9.62. The fourth-order valence-corrected chi connectivity index (χ4v) is 1.85. The van der Waals surface area contributed by atoms with E-state index in [4.69, 9.17) is 14.2 Å². The van der Waals surface area contributed by atoms with Crippen LogP contribution in [0, 0.1) is 0 Å². The Morgan fingerprint density at radius 1 is 1.62 bits per heavy atom. The molecule has 2 aliphatic heterocycles. The molecule has 13 heavy (non-hydrogen) atoms. The molecular weight excluding hydrogens is 176 g/mol. The van der Waals surface area contributed by atoms with Crippen LogP contribution in [0.15, 0.2) is 0 Å². The lowest BCUT2D eigenvalue weighted by Gasteiger charge is -2.28. The second-order valence-electron chi connectivity index (χ2n) is 3.35. The number of aliphatic hydroxyl groups is 1. The molecule has 1 N–H and O–H groups in total. The average molecular weight is 188 g/mol. The van der Waals surface area contributed by atoms with Crippen LogP contribution in [0.4, 0.5) is 0 Å². The summed E-state index contributed by atoms with van der Waals surface area (Å²) in [5.74, 6) is -0.417. The van der Waals surface area contributed by atoms with Gasteiger partial charge in [0.1, 0.15) is 6.10 Å². The first kappa shape index (κ1) is 8.93. The van der Waals surface area contributed by atoms with Gasteiger partial charge in [-0.15, -0.1) is 0 Å². The fourth-order valence-electron chi connectivity index (χ4n) is 1.85. The first-order valence-electron chi connectivity index (χ1n) is 4.26. The Labute approximate surface area is 75.6 Å². The first-order valence-corrected chi connectivity index (χ1v) is 4.26. The summed E-state index contributed by atoms with van der Waals surface area (Å²) in [4.78, 5) is 10.8. The van der Waals surface area contributed by atoms with Gasteiger partial charge in [0.15, 0.2) is 5.60 Å². The average Bonchev–Trinajstić information content (AvgIpc) is 2.53. The SMILES string of the molecule is CC(=O)O[C@@]12CCO[C@@H]1OC[C@H]2O. The molecule has 0 unspecified atom stereocenters. The highest BCUT2D eigenvalue weighted by molar-refractivity contribution is 5.66. The first-order chi connectivity index (χ1) is 6.15.